The molecule has 4 aliphatic heterocycles. The molecule has 4 aliphatic rings. The highest BCUT2D eigenvalue weighted by Crippen LogP contribution is 2.34. The second kappa shape index (κ2) is 13.6. The van der Waals surface area contributed by atoms with Crippen LogP contribution in [0.4, 0.5) is 28.8 Å². The standard InChI is InChI=1S/C41H42N10O4/c1-23-5-4-6-24(2)35(23)45-36-32-19-42-41(46-37(32)48(3)47-36)43-28-8-7-27-22-49(15-14-26(27)17-28)20-25-13-16-50(21-25)29-9-10-30-31(18-29)40(55)51(39(30)54)33-11-12-34(52)44-38(33)53/h4-10,17-19,25,33H,11-16,20-22H2,1-3H3,(H,45,47)(H,42,43,46)(H,44,52,53)/t25-,33?/m0/s1. The molecule has 0 bridgehead atoms. The molecule has 55 heavy (non-hydrogen) atoms. The number of rotatable bonds is 8. The first kappa shape index (κ1) is 34.6. The summed E-state index contributed by atoms with van der Waals surface area (Å²) in [4.78, 5) is 65.9. The molecule has 0 radical (unpaired) electrons. The predicted octanol–water partition coefficient (Wildman–Crippen LogP) is 4.75. The number of nitrogens with one attached hydrogen (secondary N) is 3. The lowest BCUT2D eigenvalue weighted by molar-refractivity contribution is -0.136. The van der Waals surface area contributed by atoms with E-state index in [2.05, 4.69) is 74.9 Å². The van der Waals surface area contributed by atoms with E-state index in [9.17, 15) is 19.2 Å². The third kappa shape index (κ3) is 6.35. The molecule has 2 fully saturated rings. The van der Waals surface area contributed by atoms with E-state index in [1.165, 1.54) is 11.1 Å². The van der Waals surface area contributed by atoms with Crippen LogP contribution in [0.2, 0.25) is 0 Å². The van der Waals surface area contributed by atoms with Crippen molar-refractivity contribution in [3.63, 3.8) is 0 Å². The van der Waals surface area contributed by atoms with E-state index in [1.807, 2.05) is 25.4 Å². The number of nitrogens with zero attached hydrogens (tertiary/aromatic N) is 7. The van der Waals surface area contributed by atoms with E-state index in [-0.39, 0.29) is 18.7 Å². The zero-order valence-corrected chi connectivity index (χ0v) is 31.1. The van der Waals surface area contributed by atoms with Gasteiger partial charge in [-0.2, -0.15) is 10.1 Å². The van der Waals surface area contributed by atoms with Gasteiger partial charge in [0, 0.05) is 69.5 Å². The van der Waals surface area contributed by atoms with E-state index in [0.29, 0.717) is 23.0 Å². The molecule has 3 N–H and O–H groups in total. The summed E-state index contributed by atoms with van der Waals surface area (Å²) in [6, 6.07) is 17.1. The summed E-state index contributed by atoms with van der Waals surface area (Å²) in [5.74, 6) is -0.243. The van der Waals surface area contributed by atoms with Crippen LogP contribution in [-0.4, -0.2) is 85.4 Å². The molecular weight excluding hydrogens is 697 g/mol. The Bertz CT molecular complexity index is 2400. The van der Waals surface area contributed by atoms with E-state index in [0.717, 1.165) is 95.5 Å². The van der Waals surface area contributed by atoms with Crippen molar-refractivity contribution in [2.24, 2.45) is 13.0 Å². The van der Waals surface area contributed by atoms with E-state index >= 15 is 0 Å². The number of carbonyl (C=O) groups excluding carboxylic acids is 4. The number of carbonyl (C=O) groups is 4. The fourth-order valence-electron chi connectivity index (χ4n) is 8.53. The highest BCUT2D eigenvalue weighted by Gasteiger charge is 2.45. The van der Waals surface area contributed by atoms with Crippen molar-refractivity contribution < 1.29 is 19.2 Å². The third-order valence-corrected chi connectivity index (χ3v) is 11.4. The molecule has 14 heteroatoms. The number of fused-ring (bicyclic) bond motifs is 3. The number of para-hydroxylation sites is 1. The van der Waals surface area contributed by atoms with Crippen molar-refractivity contribution in [2.75, 3.05) is 41.7 Å². The van der Waals surface area contributed by atoms with Gasteiger partial charge in [0.05, 0.1) is 16.5 Å². The summed E-state index contributed by atoms with van der Waals surface area (Å²) in [6.07, 6.45) is 4.03. The summed E-state index contributed by atoms with van der Waals surface area (Å²) in [5.41, 5.74) is 9.18. The van der Waals surface area contributed by atoms with Gasteiger partial charge in [0.1, 0.15) is 6.04 Å². The van der Waals surface area contributed by atoms with Crippen LogP contribution in [0.5, 0.6) is 0 Å². The van der Waals surface area contributed by atoms with Crippen molar-refractivity contribution in [2.45, 2.75) is 52.1 Å². The number of anilines is 5. The quantitative estimate of drug-likeness (QED) is 0.189. The zero-order chi connectivity index (χ0) is 38.0. The Balaban J connectivity index is 0.815. The first-order valence-electron chi connectivity index (χ1n) is 18.8. The summed E-state index contributed by atoms with van der Waals surface area (Å²) < 4.78 is 1.77. The van der Waals surface area contributed by atoms with Gasteiger partial charge in [0.15, 0.2) is 11.5 Å². The third-order valence-electron chi connectivity index (χ3n) is 11.4. The van der Waals surface area contributed by atoms with Crippen LogP contribution in [0.3, 0.4) is 0 Å². The average Bonchev–Trinajstić information content (AvgIpc) is 3.83. The maximum Gasteiger partial charge on any atom is 0.262 e. The van der Waals surface area contributed by atoms with Crippen LogP contribution in [0.15, 0.2) is 60.8 Å². The second-order valence-electron chi connectivity index (χ2n) is 15.2. The molecule has 0 aliphatic carbocycles. The molecule has 3 aromatic carbocycles. The van der Waals surface area contributed by atoms with Gasteiger partial charge < -0.3 is 15.5 Å². The lowest BCUT2D eigenvalue weighted by Gasteiger charge is -2.31. The molecular formula is C41H42N10O4. The number of piperidine rings is 1. The van der Waals surface area contributed by atoms with Crippen LogP contribution in [0.25, 0.3) is 11.0 Å². The van der Waals surface area contributed by atoms with E-state index in [4.69, 9.17) is 10.1 Å². The van der Waals surface area contributed by atoms with Gasteiger partial charge in [-0.15, -0.1) is 0 Å². The monoisotopic (exact) mass is 738 g/mol. The fraction of sp³-hybridized carbons (Fsp3) is 0.341. The lowest BCUT2D eigenvalue weighted by Crippen LogP contribution is -2.54. The fourth-order valence-corrected chi connectivity index (χ4v) is 8.53. The molecule has 2 aromatic heterocycles. The van der Waals surface area contributed by atoms with Crippen molar-refractivity contribution in [3.8, 4) is 0 Å². The number of imide groups is 2. The van der Waals surface area contributed by atoms with Crippen molar-refractivity contribution in [1.82, 2.24) is 34.9 Å². The van der Waals surface area contributed by atoms with E-state index in [1.54, 1.807) is 16.8 Å². The molecule has 6 heterocycles. The molecule has 9 rings (SSSR count). The van der Waals surface area contributed by atoms with Gasteiger partial charge in [-0.1, -0.05) is 24.3 Å². The largest absolute Gasteiger partial charge is 0.371 e. The molecule has 5 aromatic rings. The smallest absolute Gasteiger partial charge is 0.262 e. The minimum absolute atomic E-state index is 0.0971. The minimum atomic E-state index is -0.968. The summed E-state index contributed by atoms with van der Waals surface area (Å²) in [7, 11) is 1.89. The first-order valence-corrected chi connectivity index (χ1v) is 18.8. The number of amides is 4. The van der Waals surface area contributed by atoms with Crippen LogP contribution in [0.1, 0.15) is 62.2 Å². The van der Waals surface area contributed by atoms with Gasteiger partial charge in [0.25, 0.3) is 11.8 Å². The van der Waals surface area contributed by atoms with E-state index < -0.39 is 23.8 Å². The van der Waals surface area contributed by atoms with Crippen LogP contribution >= 0.6 is 0 Å². The molecule has 1 unspecified atom stereocenters. The van der Waals surface area contributed by atoms with Crippen molar-refractivity contribution >= 4 is 63.5 Å². The molecule has 2 atom stereocenters. The SMILES string of the molecule is Cc1cccc(C)c1Nc1nn(C)c2nc(Nc3ccc4c(c3)CCN(C[C@@H]3CCN(c5ccc6c(c5)C(=O)N(C5CCC(=O)NC5=O)C6=O)C3)C4)ncc12. The summed E-state index contributed by atoms with van der Waals surface area (Å²) in [6.45, 7) is 8.69. The Labute approximate surface area is 317 Å². The van der Waals surface area contributed by atoms with Crippen LogP contribution < -0.4 is 20.9 Å². The second-order valence-corrected chi connectivity index (χ2v) is 15.2. The molecule has 4 amide bonds. The molecule has 0 spiro atoms. The average molecular weight is 739 g/mol. The molecule has 14 nitrogen and oxygen atoms in total. The minimum Gasteiger partial charge on any atom is -0.371 e. The maximum absolute atomic E-state index is 13.4. The highest BCUT2D eigenvalue weighted by molar-refractivity contribution is 6.23. The highest BCUT2D eigenvalue weighted by atomic mass is 16.2. The number of hydrogen-bond acceptors (Lipinski definition) is 11. The number of benzene rings is 3. The Morgan fingerprint density at radius 2 is 1.69 bits per heavy atom. The Kier molecular flexibility index (Phi) is 8.56. The van der Waals surface area contributed by atoms with Crippen molar-refractivity contribution in [1.29, 1.82) is 0 Å². The van der Waals surface area contributed by atoms with Gasteiger partial charge in [-0.25, -0.2) is 9.67 Å². The summed E-state index contributed by atoms with van der Waals surface area (Å²) >= 11 is 0. The van der Waals surface area contributed by atoms with Gasteiger partial charge in [0.2, 0.25) is 17.8 Å². The Hall–Kier alpha value is -6.15. The predicted molar refractivity (Wildman–Crippen MR) is 208 cm³/mol. The lowest BCUT2D eigenvalue weighted by atomic mass is 9.97. The number of hydrogen-bond donors (Lipinski definition) is 3. The van der Waals surface area contributed by atoms with Gasteiger partial charge >= 0.3 is 0 Å². The van der Waals surface area contributed by atoms with Crippen molar-refractivity contribution in [3.05, 3.63) is 94.2 Å². The zero-order valence-electron chi connectivity index (χ0n) is 31.1. The topological polar surface area (TPSA) is 158 Å². The van der Waals surface area contributed by atoms with Crippen LogP contribution in [-0.2, 0) is 29.6 Å². The summed E-state index contributed by atoms with van der Waals surface area (Å²) in [5, 5.41) is 14.7. The Morgan fingerprint density at radius 1 is 0.873 bits per heavy atom. The number of aromatic nitrogens is 4. The maximum atomic E-state index is 13.4. The normalized spacial score (nSPS) is 19.9. The molecule has 2 saturated heterocycles. The Morgan fingerprint density at radius 3 is 2.51 bits per heavy atom. The van der Waals surface area contributed by atoms with Gasteiger partial charge in [-0.3, -0.25) is 34.3 Å². The van der Waals surface area contributed by atoms with Gasteiger partial charge in [-0.05, 0) is 91.6 Å². The van der Waals surface area contributed by atoms with Crippen LogP contribution in [0, 0.1) is 19.8 Å². The number of aryl methyl sites for hydroxylation is 3. The molecule has 280 valence electrons. The molecule has 0 saturated carbocycles. The first-order chi connectivity index (χ1) is 26.6.